The van der Waals surface area contributed by atoms with Gasteiger partial charge in [0.15, 0.2) is 5.96 Å². The number of alkyl carbamates (subject to hydrolysis) is 1. The second kappa shape index (κ2) is 13.8. The summed E-state index contributed by atoms with van der Waals surface area (Å²) < 4.78 is 16.6. The van der Waals surface area contributed by atoms with Crippen molar-refractivity contribution in [3.05, 3.63) is 0 Å². The molecule has 2 rings (SSSR count). The Hall–Kier alpha value is -1.54. The zero-order valence-corrected chi connectivity index (χ0v) is 20.0. The lowest BCUT2D eigenvalue weighted by atomic mass is 9.91. The van der Waals surface area contributed by atoms with Crippen LogP contribution >= 0.6 is 0 Å². The number of nitrogens with one attached hydrogen (secondary N) is 3. The van der Waals surface area contributed by atoms with Gasteiger partial charge in [0, 0.05) is 51.6 Å². The molecule has 1 aliphatic heterocycles. The van der Waals surface area contributed by atoms with Crippen molar-refractivity contribution in [3.8, 4) is 0 Å². The predicted molar refractivity (Wildman–Crippen MR) is 124 cm³/mol. The van der Waals surface area contributed by atoms with E-state index in [-0.39, 0.29) is 12.1 Å². The van der Waals surface area contributed by atoms with E-state index < -0.39 is 5.60 Å². The molecule has 1 saturated heterocycles. The molecule has 1 saturated carbocycles. The van der Waals surface area contributed by atoms with Crippen LogP contribution in [0.1, 0.15) is 72.6 Å². The third-order valence-electron chi connectivity index (χ3n) is 5.54. The molecule has 3 N–H and O–H groups in total. The number of hydrogen-bond donors (Lipinski definition) is 3. The Labute approximate surface area is 188 Å². The van der Waals surface area contributed by atoms with Gasteiger partial charge in [-0.25, -0.2) is 4.79 Å². The number of nitrogens with zero attached hydrogens (tertiary/aromatic N) is 1. The third kappa shape index (κ3) is 11.6. The highest BCUT2D eigenvalue weighted by molar-refractivity contribution is 5.80. The van der Waals surface area contributed by atoms with Gasteiger partial charge in [-0.2, -0.15) is 0 Å². The Balaban J connectivity index is 1.61. The molecule has 1 amide bonds. The van der Waals surface area contributed by atoms with Gasteiger partial charge in [0.25, 0.3) is 0 Å². The average molecular weight is 441 g/mol. The molecule has 1 aliphatic carbocycles. The number of carbonyl (C=O) groups is 1. The van der Waals surface area contributed by atoms with Crippen molar-refractivity contribution in [1.82, 2.24) is 16.0 Å². The minimum atomic E-state index is -0.462. The number of carbonyl (C=O) groups excluding carboxylic acids is 1. The lowest BCUT2D eigenvalue weighted by molar-refractivity contribution is 0.0205. The number of rotatable bonds is 9. The van der Waals surface area contributed by atoms with Crippen molar-refractivity contribution in [1.29, 1.82) is 0 Å². The first kappa shape index (κ1) is 25.7. The Kier molecular flexibility index (Phi) is 11.4. The van der Waals surface area contributed by atoms with Crippen LogP contribution in [-0.4, -0.2) is 69.3 Å². The third-order valence-corrected chi connectivity index (χ3v) is 5.54. The van der Waals surface area contributed by atoms with E-state index in [0.717, 1.165) is 90.4 Å². The lowest BCUT2D eigenvalue weighted by Gasteiger charge is -2.31. The van der Waals surface area contributed by atoms with Gasteiger partial charge in [-0.05, 0) is 78.6 Å². The van der Waals surface area contributed by atoms with E-state index in [9.17, 15) is 4.79 Å². The molecular weight excluding hydrogens is 396 g/mol. The van der Waals surface area contributed by atoms with Crippen LogP contribution in [0.4, 0.5) is 4.79 Å². The minimum Gasteiger partial charge on any atom is -0.444 e. The summed E-state index contributed by atoms with van der Waals surface area (Å²) in [6.07, 6.45) is 6.71. The number of aliphatic imine (C=N–C) groups is 1. The van der Waals surface area contributed by atoms with E-state index >= 15 is 0 Å². The summed E-state index contributed by atoms with van der Waals surface area (Å²) in [4.78, 5) is 16.7. The van der Waals surface area contributed by atoms with Crippen LogP contribution in [0.15, 0.2) is 4.99 Å². The van der Waals surface area contributed by atoms with Gasteiger partial charge < -0.3 is 30.2 Å². The molecule has 0 bridgehead atoms. The van der Waals surface area contributed by atoms with Crippen LogP contribution in [0, 0.1) is 5.92 Å². The molecule has 2 aliphatic rings. The number of guanidine groups is 1. The summed E-state index contributed by atoms with van der Waals surface area (Å²) in [5.74, 6) is 1.52. The largest absolute Gasteiger partial charge is 0.444 e. The first-order valence-electron chi connectivity index (χ1n) is 12.1. The van der Waals surface area contributed by atoms with E-state index in [2.05, 4.69) is 22.9 Å². The zero-order chi connectivity index (χ0) is 22.5. The first-order chi connectivity index (χ1) is 14.9. The van der Waals surface area contributed by atoms with E-state index in [4.69, 9.17) is 19.2 Å². The highest BCUT2D eigenvalue weighted by Crippen LogP contribution is 2.19. The van der Waals surface area contributed by atoms with Crippen molar-refractivity contribution in [2.75, 3.05) is 39.5 Å². The van der Waals surface area contributed by atoms with Crippen molar-refractivity contribution < 1.29 is 19.0 Å². The SMILES string of the molecule is CCNC(=NCCCOCC1CCOCC1)NC1CCC(NC(=O)OC(C)(C)C)CC1. The van der Waals surface area contributed by atoms with Gasteiger partial charge in [-0.1, -0.05) is 0 Å². The van der Waals surface area contributed by atoms with Gasteiger partial charge in [0.2, 0.25) is 0 Å². The van der Waals surface area contributed by atoms with Crippen LogP contribution in [-0.2, 0) is 14.2 Å². The molecule has 1 heterocycles. The monoisotopic (exact) mass is 440 g/mol. The van der Waals surface area contributed by atoms with Crippen molar-refractivity contribution in [2.24, 2.45) is 10.9 Å². The summed E-state index contributed by atoms with van der Waals surface area (Å²) in [5.41, 5.74) is -0.462. The highest BCUT2D eigenvalue weighted by atomic mass is 16.6. The molecule has 31 heavy (non-hydrogen) atoms. The fraction of sp³-hybridized carbons (Fsp3) is 0.913. The van der Waals surface area contributed by atoms with Crippen LogP contribution in [0.25, 0.3) is 0 Å². The summed E-state index contributed by atoms with van der Waals surface area (Å²) in [7, 11) is 0. The highest BCUT2D eigenvalue weighted by Gasteiger charge is 2.25. The van der Waals surface area contributed by atoms with Crippen molar-refractivity contribution in [2.45, 2.75) is 90.3 Å². The minimum absolute atomic E-state index is 0.181. The molecule has 0 atom stereocenters. The Morgan fingerprint density at radius 1 is 1.03 bits per heavy atom. The van der Waals surface area contributed by atoms with Crippen LogP contribution in [0.2, 0.25) is 0 Å². The zero-order valence-electron chi connectivity index (χ0n) is 20.0. The van der Waals surface area contributed by atoms with Gasteiger partial charge in [0.1, 0.15) is 5.60 Å². The van der Waals surface area contributed by atoms with Crippen LogP contribution in [0.3, 0.4) is 0 Å². The fourth-order valence-electron chi connectivity index (χ4n) is 3.89. The summed E-state index contributed by atoms with van der Waals surface area (Å²) in [5, 5.41) is 9.88. The smallest absolute Gasteiger partial charge is 0.407 e. The molecule has 0 radical (unpaired) electrons. The maximum absolute atomic E-state index is 12.0. The molecule has 180 valence electrons. The van der Waals surface area contributed by atoms with Crippen LogP contribution < -0.4 is 16.0 Å². The Morgan fingerprint density at radius 2 is 1.68 bits per heavy atom. The average Bonchev–Trinajstić information content (AvgIpc) is 2.71. The molecule has 0 aromatic rings. The Bertz CT molecular complexity index is 536. The molecule has 0 aromatic carbocycles. The van der Waals surface area contributed by atoms with E-state index in [1.807, 2.05) is 20.8 Å². The second-order valence-corrected chi connectivity index (χ2v) is 9.58. The molecule has 2 fully saturated rings. The molecule has 0 spiro atoms. The second-order valence-electron chi connectivity index (χ2n) is 9.58. The van der Waals surface area contributed by atoms with E-state index in [1.165, 1.54) is 0 Å². The number of amides is 1. The quantitative estimate of drug-likeness (QED) is 0.290. The molecule has 0 unspecified atom stereocenters. The maximum atomic E-state index is 12.0. The lowest BCUT2D eigenvalue weighted by Crippen LogP contribution is -2.48. The topological polar surface area (TPSA) is 93.2 Å². The number of hydrogen-bond acceptors (Lipinski definition) is 5. The summed E-state index contributed by atoms with van der Waals surface area (Å²) in [6, 6.07) is 0.555. The molecule has 8 nitrogen and oxygen atoms in total. The van der Waals surface area contributed by atoms with Crippen LogP contribution in [0.5, 0.6) is 0 Å². The summed E-state index contributed by atoms with van der Waals surface area (Å²) >= 11 is 0. The van der Waals surface area contributed by atoms with Gasteiger partial charge in [-0.3, -0.25) is 4.99 Å². The summed E-state index contributed by atoms with van der Waals surface area (Å²) in [6.45, 7) is 12.6. The molecule has 8 heteroatoms. The van der Waals surface area contributed by atoms with Gasteiger partial charge in [0.05, 0.1) is 0 Å². The van der Waals surface area contributed by atoms with Crippen molar-refractivity contribution >= 4 is 12.1 Å². The number of ether oxygens (including phenoxy) is 3. The van der Waals surface area contributed by atoms with Gasteiger partial charge in [-0.15, -0.1) is 0 Å². The molecule has 0 aromatic heterocycles. The predicted octanol–water partition coefficient (Wildman–Crippen LogP) is 3.21. The van der Waals surface area contributed by atoms with E-state index in [0.29, 0.717) is 12.0 Å². The van der Waals surface area contributed by atoms with E-state index in [1.54, 1.807) is 0 Å². The maximum Gasteiger partial charge on any atom is 0.407 e. The van der Waals surface area contributed by atoms with Gasteiger partial charge >= 0.3 is 6.09 Å². The van der Waals surface area contributed by atoms with Crippen molar-refractivity contribution in [3.63, 3.8) is 0 Å². The first-order valence-corrected chi connectivity index (χ1v) is 12.1. The molecular formula is C23H44N4O4. The Morgan fingerprint density at radius 3 is 2.29 bits per heavy atom. The fourth-order valence-corrected chi connectivity index (χ4v) is 3.89. The standard InChI is InChI=1S/C23H44N4O4/c1-5-24-21(25-13-6-14-30-17-18-11-15-29-16-12-18)26-19-7-9-20(10-8-19)27-22(28)31-23(2,3)4/h18-20H,5-17H2,1-4H3,(H,27,28)(H2,24,25,26). The normalized spacial score (nSPS) is 23.3.